The highest BCUT2D eigenvalue weighted by molar-refractivity contribution is 5.35. The van der Waals surface area contributed by atoms with Crippen LogP contribution in [0.25, 0.3) is 5.69 Å². The molecule has 0 unspecified atom stereocenters. The van der Waals surface area contributed by atoms with Crippen LogP contribution in [-0.2, 0) is 6.54 Å². The van der Waals surface area contributed by atoms with Crippen molar-refractivity contribution in [2.75, 3.05) is 6.54 Å². The van der Waals surface area contributed by atoms with Gasteiger partial charge in [0, 0.05) is 12.2 Å². The Labute approximate surface area is 115 Å². The predicted octanol–water partition coefficient (Wildman–Crippen LogP) is 3.32. The fourth-order valence-electron chi connectivity index (χ4n) is 2.15. The van der Waals surface area contributed by atoms with Crippen LogP contribution in [0.15, 0.2) is 36.5 Å². The van der Waals surface area contributed by atoms with E-state index in [2.05, 4.69) is 53.0 Å². The van der Waals surface area contributed by atoms with Crippen molar-refractivity contribution in [2.24, 2.45) is 5.92 Å². The number of rotatable bonds is 6. The van der Waals surface area contributed by atoms with Crippen molar-refractivity contribution in [2.45, 2.75) is 33.7 Å². The van der Waals surface area contributed by atoms with Gasteiger partial charge >= 0.3 is 0 Å². The van der Waals surface area contributed by atoms with Crippen molar-refractivity contribution in [3.63, 3.8) is 0 Å². The smallest absolute Gasteiger partial charge is 0.110 e. The van der Waals surface area contributed by atoms with Crippen LogP contribution in [0.3, 0.4) is 0 Å². The summed E-state index contributed by atoms with van der Waals surface area (Å²) in [6, 6.07) is 10.4. The zero-order valence-electron chi connectivity index (χ0n) is 12.1. The third-order valence-corrected chi connectivity index (χ3v) is 3.23. The Balaban J connectivity index is 2.06. The van der Waals surface area contributed by atoms with E-state index in [1.165, 1.54) is 17.8 Å². The molecule has 0 atom stereocenters. The Bertz CT molecular complexity index is 500. The van der Waals surface area contributed by atoms with Gasteiger partial charge in [-0.1, -0.05) is 32.0 Å². The number of aryl methyl sites for hydroxylation is 1. The summed E-state index contributed by atoms with van der Waals surface area (Å²) < 4.78 is 2.21. The molecule has 102 valence electrons. The van der Waals surface area contributed by atoms with Crippen molar-refractivity contribution in [3.8, 4) is 5.69 Å². The Morgan fingerprint density at radius 3 is 2.63 bits per heavy atom. The first-order valence-electron chi connectivity index (χ1n) is 6.98. The quantitative estimate of drug-likeness (QED) is 0.805. The molecule has 3 heteroatoms. The third kappa shape index (κ3) is 3.67. The van der Waals surface area contributed by atoms with E-state index >= 15 is 0 Å². The van der Waals surface area contributed by atoms with Gasteiger partial charge < -0.3 is 5.32 Å². The van der Waals surface area contributed by atoms with E-state index in [0.29, 0.717) is 0 Å². The molecule has 1 aromatic carbocycles. The molecule has 0 aliphatic heterocycles. The van der Waals surface area contributed by atoms with Crippen molar-refractivity contribution in [1.82, 2.24) is 14.9 Å². The summed E-state index contributed by atoms with van der Waals surface area (Å²) in [6.07, 6.45) is 3.17. The lowest BCUT2D eigenvalue weighted by molar-refractivity contribution is 0.533. The first-order chi connectivity index (χ1) is 9.18. The highest BCUT2D eigenvalue weighted by Crippen LogP contribution is 2.14. The maximum absolute atomic E-state index is 4.43. The van der Waals surface area contributed by atoms with Crippen molar-refractivity contribution in [1.29, 1.82) is 0 Å². The summed E-state index contributed by atoms with van der Waals surface area (Å²) in [6.45, 7) is 8.46. The summed E-state index contributed by atoms with van der Waals surface area (Å²) in [5.74, 6) is 1.78. The van der Waals surface area contributed by atoms with E-state index in [0.717, 1.165) is 24.8 Å². The lowest BCUT2D eigenvalue weighted by atomic mass is 10.1. The molecular weight excluding hydrogens is 234 g/mol. The van der Waals surface area contributed by atoms with Gasteiger partial charge in [-0.25, -0.2) is 4.98 Å². The van der Waals surface area contributed by atoms with E-state index in [1.54, 1.807) is 0 Å². The topological polar surface area (TPSA) is 29.9 Å². The van der Waals surface area contributed by atoms with E-state index in [-0.39, 0.29) is 0 Å². The first-order valence-corrected chi connectivity index (χ1v) is 6.98. The molecular formula is C16H23N3. The highest BCUT2D eigenvalue weighted by Gasteiger charge is 2.07. The number of benzene rings is 1. The van der Waals surface area contributed by atoms with Gasteiger partial charge in [0.25, 0.3) is 0 Å². The molecule has 3 nitrogen and oxygen atoms in total. The molecule has 0 spiro atoms. The molecule has 19 heavy (non-hydrogen) atoms. The highest BCUT2D eigenvalue weighted by atomic mass is 15.1. The standard InChI is InChI=1S/C16H23N3/c1-13(2)9-10-17-11-16-12-18-14(3)19(16)15-7-5-4-6-8-15/h4-8,12-13,17H,9-11H2,1-3H3. The molecule has 0 radical (unpaired) electrons. The number of nitrogens with one attached hydrogen (secondary N) is 1. The predicted molar refractivity (Wildman–Crippen MR) is 79.5 cm³/mol. The average Bonchev–Trinajstić information content (AvgIpc) is 2.77. The summed E-state index contributed by atoms with van der Waals surface area (Å²) >= 11 is 0. The van der Waals surface area contributed by atoms with Gasteiger partial charge in [0.2, 0.25) is 0 Å². The molecule has 0 fully saturated rings. The Hall–Kier alpha value is -1.61. The normalized spacial score (nSPS) is 11.2. The van der Waals surface area contributed by atoms with Crippen LogP contribution in [0.1, 0.15) is 31.8 Å². The minimum atomic E-state index is 0.744. The maximum Gasteiger partial charge on any atom is 0.110 e. The molecule has 1 heterocycles. The fraction of sp³-hybridized carbons (Fsp3) is 0.438. The number of aromatic nitrogens is 2. The van der Waals surface area contributed by atoms with Gasteiger partial charge in [-0.2, -0.15) is 0 Å². The lowest BCUT2D eigenvalue weighted by Gasteiger charge is -2.11. The Kier molecular flexibility index (Phi) is 4.74. The maximum atomic E-state index is 4.43. The van der Waals surface area contributed by atoms with Crippen molar-refractivity contribution >= 4 is 0 Å². The van der Waals surface area contributed by atoms with Crippen LogP contribution in [0, 0.1) is 12.8 Å². The molecule has 0 saturated heterocycles. The molecule has 1 aromatic heterocycles. The van der Waals surface area contributed by atoms with Gasteiger partial charge in [0.15, 0.2) is 0 Å². The summed E-state index contributed by atoms with van der Waals surface area (Å²) in [4.78, 5) is 4.43. The van der Waals surface area contributed by atoms with Gasteiger partial charge in [0.1, 0.15) is 5.82 Å². The minimum Gasteiger partial charge on any atom is -0.311 e. The second kappa shape index (κ2) is 6.53. The van der Waals surface area contributed by atoms with Crippen molar-refractivity contribution in [3.05, 3.63) is 48.0 Å². The van der Waals surface area contributed by atoms with Crippen molar-refractivity contribution < 1.29 is 0 Å². The number of hydrogen-bond acceptors (Lipinski definition) is 2. The van der Waals surface area contributed by atoms with Crippen LogP contribution in [-0.4, -0.2) is 16.1 Å². The van der Waals surface area contributed by atoms with E-state index < -0.39 is 0 Å². The monoisotopic (exact) mass is 257 g/mol. The third-order valence-electron chi connectivity index (χ3n) is 3.23. The SMILES string of the molecule is Cc1ncc(CNCCC(C)C)n1-c1ccccc1. The number of nitrogens with zero attached hydrogens (tertiary/aromatic N) is 2. The van der Waals surface area contributed by atoms with Crippen LogP contribution >= 0.6 is 0 Å². The van der Waals surface area contributed by atoms with E-state index in [9.17, 15) is 0 Å². The zero-order chi connectivity index (χ0) is 13.7. The van der Waals surface area contributed by atoms with Crippen LogP contribution < -0.4 is 5.32 Å². The Morgan fingerprint density at radius 1 is 1.21 bits per heavy atom. The van der Waals surface area contributed by atoms with E-state index in [1.807, 2.05) is 19.2 Å². The Morgan fingerprint density at radius 2 is 1.95 bits per heavy atom. The number of imidazole rings is 1. The second-order valence-electron chi connectivity index (χ2n) is 5.33. The molecule has 0 aliphatic carbocycles. The number of hydrogen-bond donors (Lipinski definition) is 1. The van der Waals surface area contributed by atoms with Gasteiger partial charge in [-0.3, -0.25) is 4.57 Å². The summed E-state index contributed by atoms with van der Waals surface area (Å²) in [5, 5.41) is 3.50. The first kappa shape index (κ1) is 13.8. The molecule has 2 aromatic rings. The zero-order valence-corrected chi connectivity index (χ0v) is 12.1. The van der Waals surface area contributed by atoms with Crippen LogP contribution in [0.2, 0.25) is 0 Å². The van der Waals surface area contributed by atoms with Gasteiger partial charge in [0.05, 0.1) is 11.9 Å². The molecule has 0 bridgehead atoms. The molecule has 0 aliphatic rings. The van der Waals surface area contributed by atoms with E-state index in [4.69, 9.17) is 0 Å². The summed E-state index contributed by atoms with van der Waals surface area (Å²) in [5.41, 5.74) is 2.39. The number of para-hydroxylation sites is 1. The van der Waals surface area contributed by atoms with Gasteiger partial charge in [-0.15, -0.1) is 0 Å². The minimum absolute atomic E-state index is 0.744. The summed E-state index contributed by atoms with van der Waals surface area (Å²) in [7, 11) is 0. The molecule has 2 rings (SSSR count). The average molecular weight is 257 g/mol. The lowest BCUT2D eigenvalue weighted by Crippen LogP contribution is -2.18. The largest absolute Gasteiger partial charge is 0.311 e. The fourth-order valence-corrected chi connectivity index (χ4v) is 2.15. The molecule has 0 amide bonds. The molecule has 0 saturated carbocycles. The molecule has 1 N–H and O–H groups in total. The van der Waals surface area contributed by atoms with Crippen LogP contribution in [0.4, 0.5) is 0 Å². The van der Waals surface area contributed by atoms with Gasteiger partial charge in [-0.05, 0) is 37.9 Å². The second-order valence-corrected chi connectivity index (χ2v) is 5.33. The van der Waals surface area contributed by atoms with Crippen LogP contribution in [0.5, 0.6) is 0 Å².